The highest BCUT2D eigenvalue weighted by molar-refractivity contribution is 7.03. The lowest BCUT2D eigenvalue weighted by molar-refractivity contribution is 0.588. The zero-order valence-corrected chi connectivity index (χ0v) is 10.6. The Morgan fingerprint density at radius 1 is 1.18 bits per heavy atom. The van der Waals surface area contributed by atoms with Crippen LogP contribution in [0.15, 0.2) is 39.9 Å². The fraction of sp³-hybridized carbons (Fsp3) is 0.333. The van der Waals surface area contributed by atoms with Gasteiger partial charge in [0.1, 0.15) is 0 Å². The zero-order chi connectivity index (χ0) is 12.4. The molecule has 0 aliphatic carbocycles. The van der Waals surface area contributed by atoms with Crippen molar-refractivity contribution in [3.8, 4) is 0 Å². The fourth-order valence-corrected chi connectivity index (χ4v) is 2.39. The Labute approximate surface area is 103 Å². The van der Waals surface area contributed by atoms with Gasteiger partial charge in [0.15, 0.2) is 0 Å². The second kappa shape index (κ2) is 4.71. The largest absolute Gasteiger partial charge is 0.341 e. The standard InChI is InChI=1S/C12H14N2O2S/c1-9(2)14-11(15)13(12(16)17-14)8-10-6-4-3-5-7-10/h3-7,9H,8H2,1-2H3. The van der Waals surface area contributed by atoms with Gasteiger partial charge >= 0.3 is 10.6 Å². The quantitative estimate of drug-likeness (QED) is 0.832. The monoisotopic (exact) mass is 250 g/mol. The van der Waals surface area contributed by atoms with Crippen molar-refractivity contribution in [2.24, 2.45) is 0 Å². The molecule has 0 N–H and O–H groups in total. The molecule has 0 aliphatic rings. The maximum atomic E-state index is 12.0. The Balaban J connectivity index is 2.41. The number of aromatic nitrogens is 2. The topological polar surface area (TPSA) is 44.0 Å². The van der Waals surface area contributed by atoms with Crippen molar-refractivity contribution in [2.75, 3.05) is 0 Å². The Kier molecular flexibility index (Phi) is 3.28. The van der Waals surface area contributed by atoms with E-state index in [0.29, 0.717) is 6.54 Å². The van der Waals surface area contributed by atoms with Gasteiger partial charge in [-0.2, -0.15) is 0 Å². The van der Waals surface area contributed by atoms with Crippen LogP contribution < -0.4 is 10.6 Å². The number of benzene rings is 1. The summed E-state index contributed by atoms with van der Waals surface area (Å²) in [6, 6.07) is 9.54. The van der Waals surface area contributed by atoms with Gasteiger partial charge in [0.05, 0.1) is 6.54 Å². The van der Waals surface area contributed by atoms with Crippen LogP contribution in [0.25, 0.3) is 0 Å². The molecule has 0 radical (unpaired) electrons. The van der Waals surface area contributed by atoms with Crippen LogP contribution in [-0.2, 0) is 6.54 Å². The highest BCUT2D eigenvalue weighted by Gasteiger charge is 2.12. The van der Waals surface area contributed by atoms with E-state index in [0.717, 1.165) is 17.1 Å². The third-order valence-corrected chi connectivity index (χ3v) is 3.62. The van der Waals surface area contributed by atoms with E-state index in [-0.39, 0.29) is 16.6 Å². The molecule has 1 aromatic carbocycles. The summed E-state index contributed by atoms with van der Waals surface area (Å²) in [5.74, 6) is 0. The third kappa shape index (κ3) is 2.39. The van der Waals surface area contributed by atoms with E-state index in [1.54, 1.807) is 0 Å². The minimum atomic E-state index is -0.223. The predicted octanol–water partition coefficient (Wildman–Crippen LogP) is 1.70. The second-order valence-electron chi connectivity index (χ2n) is 4.13. The number of rotatable bonds is 3. The zero-order valence-electron chi connectivity index (χ0n) is 9.79. The van der Waals surface area contributed by atoms with E-state index < -0.39 is 0 Å². The summed E-state index contributed by atoms with van der Waals surface area (Å²) in [4.78, 5) is 23.5. The van der Waals surface area contributed by atoms with Crippen molar-refractivity contribution >= 4 is 11.5 Å². The van der Waals surface area contributed by atoms with Gasteiger partial charge in [-0.3, -0.25) is 4.79 Å². The molecule has 0 amide bonds. The first-order valence-electron chi connectivity index (χ1n) is 5.46. The molecular formula is C12H14N2O2S. The SMILES string of the molecule is CC(C)n1sc(=O)n(Cc2ccccc2)c1=O. The van der Waals surface area contributed by atoms with Gasteiger partial charge in [-0.05, 0) is 19.4 Å². The van der Waals surface area contributed by atoms with E-state index in [1.165, 1.54) is 8.52 Å². The van der Waals surface area contributed by atoms with Gasteiger partial charge in [-0.15, -0.1) is 0 Å². The molecule has 0 spiro atoms. The molecule has 1 aromatic heterocycles. The molecule has 0 unspecified atom stereocenters. The van der Waals surface area contributed by atoms with E-state index in [9.17, 15) is 9.59 Å². The molecule has 0 aliphatic heterocycles. The first-order chi connectivity index (χ1) is 8.09. The molecular weight excluding hydrogens is 236 g/mol. The molecule has 0 bridgehead atoms. The molecule has 2 aromatic rings. The molecule has 1 heterocycles. The van der Waals surface area contributed by atoms with Crippen molar-refractivity contribution in [1.82, 2.24) is 8.52 Å². The number of hydrogen-bond acceptors (Lipinski definition) is 3. The number of hydrogen-bond donors (Lipinski definition) is 0. The van der Waals surface area contributed by atoms with Crippen LogP contribution in [-0.4, -0.2) is 8.52 Å². The Morgan fingerprint density at radius 3 is 2.35 bits per heavy atom. The molecule has 5 heteroatoms. The van der Waals surface area contributed by atoms with Gasteiger partial charge in [0, 0.05) is 17.6 Å². The summed E-state index contributed by atoms with van der Waals surface area (Å²) in [6.07, 6.45) is 0. The highest BCUT2D eigenvalue weighted by Crippen LogP contribution is 2.03. The van der Waals surface area contributed by atoms with Crippen LogP contribution in [0.5, 0.6) is 0 Å². The Bertz CT molecular complexity index is 607. The number of nitrogens with zero attached hydrogens (tertiary/aromatic N) is 2. The third-order valence-electron chi connectivity index (χ3n) is 2.47. The molecule has 0 saturated heterocycles. The average molecular weight is 250 g/mol. The Hall–Kier alpha value is -1.62. The summed E-state index contributed by atoms with van der Waals surface area (Å²) in [5, 5.41) is 0. The first kappa shape index (κ1) is 11.9. The van der Waals surface area contributed by atoms with Crippen molar-refractivity contribution in [1.29, 1.82) is 0 Å². The van der Waals surface area contributed by atoms with Crippen LogP contribution in [0.1, 0.15) is 25.5 Å². The lowest BCUT2D eigenvalue weighted by Crippen LogP contribution is -2.29. The lowest BCUT2D eigenvalue weighted by Gasteiger charge is -2.02. The lowest BCUT2D eigenvalue weighted by atomic mass is 10.2. The van der Waals surface area contributed by atoms with Gasteiger partial charge in [0.2, 0.25) is 0 Å². The molecule has 17 heavy (non-hydrogen) atoms. The van der Waals surface area contributed by atoms with E-state index >= 15 is 0 Å². The van der Waals surface area contributed by atoms with Gasteiger partial charge in [-0.1, -0.05) is 30.3 Å². The van der Waals surface area contributed by atoms with Gasteiger partial charge < -0.3 is 0 Å². The molecule has 90 valence electrons. The van der Waals surface area contributed by atoms with E-state index in [1.807, 2.05) is 44.2 Å². The normalized spacial score (nSPS) is 11.0. The van der Waals surface area contributed by atoms with Crippen molar-refractivity contribution < 1.29 is 0 Å². The smallest absolute Gasteiger partial charge is 0.255 e. The van der Waals surface area contributed by atoms with Crippen molar-refractivity contribution in [3.05, 3.63) is 56.0 Å². The van der Waals surface area contributed by atoms with Crippen LogP contribution in [0.3, 0.4) is 0 Å². The van der Waals surface area contributed by atoms with Crippen molar-refractivity contribution in [2.45, 2.75) is 26.4 Å². The summed E-state index contributed by atoms with van der Waals surface area (Å²) in [5.41, 5.74) is 0.735. The Morgan fingerprint density at radius 2 is 1.82 bits per heavy atom. The summed E-state index contributed by atoms with van der Waals surface area (Å²) >= 11 is 0.980. The fourth-order valence-electron chi connectivity index (χ4n) is 1.59. The van der Waals surface area contributed by atoms with Crippen LogP contribution in [0.2, 0.25) is 0 Å². The maximum Gasteiger partial charge on any atom is 0.341 e. The molecule has 4 nitrogen and oxygen atoms in total. The summed E-state index contributed by atoms with van der Waals surface area (Å²) in [6.45, 7) is 4.13. The highest BCUT2D eigenvalue weighted by atomic mass is 32.1. The van der Waals surface area contributed by atoms with Crippen LogP contribution >= 0.6 is 11.5 Å². The van der Waals surface area contributed by atoms with Crippen LogP contribution in [0, 0.1) is 0 Å². The average Bonchev–Trinajstić information content (AvgIpc) is 2.58. The first-order valence-corrected chi connectivity index (χ1v) is 6.23. The van der Waals surface area contributed by atoms with Gasteiger partial charge in [0.25, 0.3) is 0 Å². The predicted molar refractivity (Wildman–Crippen MR) is 68.8 cm³/mol. The van der Waals surface area contributed by atoms with Crippen LogP contribution in [0.4, 0.5) is 0 Å². The minimum Gasteiger partial charge on any atom is -0.255 e. The molecule has 0 fully saturated rings. The van der Waals surface area contributed by atoms with Gasteiger partial charge in [-0.25, -0.2) is 13.3 Å². The van der Waals surface area contributed by atoms with E-state index in [2.05, 4.69) is 0 Å². The summed E-state index contributed by atoms with van der Waals surface area (Å²) < 4.78 is 2.78. The molecule has 0 saturated carbocycles. The maximum absolute atomic E-state index is 12.0. The van der Waals surface area contributed by atoms with E-state index in [4.69, 9.17) is 0 Å². The molecule has 2 rings (SSSR count). The molecule has 0 atom stereocenters. The van der Waals surface area contributed by atoms with Crippen molar-refractivity contribution in [3.63, 3.8) is 0 Å². The minimum absolute atomic E-state index is 0.0252. The summed E-state index contributed by atoms with van der Waals surface area (Å²) in [7, 11) is 0. The second-order valence-corrected chi connectivity index (χ2v) is 5.06.